The number of urea groups is 1. The number of halogens is 2. The molecule has 2 aromatic rings. The van der Waals surface area contributed by atoms with E-state index in [0.717, 1.165) is 17.0 Å². The van der Waals surface area contributed by atoms with E-state index in [-0.39, 0.29) is 6.04 Å². The Labute approximate surface area is 154 Å². The summed E-state index contributed by atoms with van der Waals surface area (Å²) in [6, 6.07) is 8.05. The number of thiophene rings is 1. The lowest BCUT2D eigenvalue weighted by molar-refractivity contribution is 0.234. The van der Waals surface area contributed by atoms with Crippen LogP contribution in [-0.4, -0.2) is 45.7 Å². The third kappa shape index (κ3) is 4.99. The van der Waals surface area contributed by atoms with Gasteiger partial charge >= 0.3 is 11.8 Å². The third-order valence-electron chi connectivity index (χ3n) is 3.63. The zero-order valence-electron chi connectivity index (χ0n) is 14.1. The second-order valence-electron chi connectivity index (χ2n) is 5.66. The lowest BCUT2D eigenvalue weighted by Crippen LogP contribution is -2.36. The van der Waals surface area contributed by atoms with Gasteiger partial charge in [-0.1, -0.05) is 6.07 Å². The number of hydrogen-bond acceptors (Lipinski definition) is 5. The van der Waals surface area contributed by atoms with E-state index in [1.165, 1.54) is 12.1 Å². The Morgan fingerprint density at radius 2 is 1.85 bits per heavy atom. The molecule has 142 valence electrons. The fourth-order valence-electron chi connectivity index (χ4n) is 2.21. The number of carbonyl (C=O) groups is 1. The Kier molecular flexibility index (Phi) is 6.68. The number of nitrogens with zero attached hydrogens (tertiary/aromatic N) is 1. The number of anilines is 1. The predicted molar refractivity (Wildman–Crippen MR) is 97.4 cm³/mol. The first kappa shape index (κ1) is 20.3. The monoisotopic (exact) mass is 403 g/mol. The number of likely N-dealkylation sites (N-methyl/N-ethyl adjacent to an activating group) is 1. The second kappa shape index (κ2) is 8.56. The van der Waals surface area contributed by atoms with Crippen molar-refractivity contribution >= 4 is 32.9 Å². The molecule has 0 fully saturated rings. The number of benzene rings is 1. The van der Waals surface area contributed by atoms with Crippen molar-refractivity contribution in [3.8, 4) is 0 Å². The zero-order valence-corrected chi connectivity index (χ0v) is 15.8. The van der Waals surface area contributed by atoms with E-state index in [9.17, 15) is 22.0 Å². The first-order valence-electron chi connectivity index (χ1n) is 7.58. The van der Waals surface area contributed by atoms with Gasteiger partial charge in [0, 0.05) is 17.1 Å². The van der Waals surface area contributed by atoms with Gasteiger partial charge in [-0.05, 0) is 49.8 Å². The smallest absolute Gasteiger partial charge is 0.336 e. The van der Waals surface area contributed by atoms with Gasteiger partial charge in [-0.2, -0.15) is 8.78 Å². The van der Waals surface area contributed by atoms with E-state index in [1.54, 1.807) is 11.3 Å². The van der Waals surface area contributed by atoms with Gasteiger partial charge in [0.25, 0.3) is 0 Å². The average Bonchev–Trinajstić information content (AvgIpc) is 3.09. The van der Waals surface area contributed by atoms with E-state index in [1.807, 2.05) is 36.5 Å². The van der Waals surface area contributed by atoms with Crippen molar-refractivity contribution in [2.24, 2.45) is 0 Å². The fourth-order valence-corrected chi connectivity index (χ4v) is 3.86. The van der Waals surface area contributed by atoms with E-state index in [2.05, 4.69) is 10.6 Å². The molecule has 0 saturated heterocycles. The van der Waals surface area contributed by atoms with E-state index in [4.69, 9.17) is 0 Å². The van der Waals surface area contributed by atoms with Gasteiger partial charge < -0.3 is 15.5 Å². The molecular formula is C16H19F2N3O3S2. The highest BCUT2D eigenvalue weighted by Gasteiger charge is 2.26. The number of alkyl halides is 2. The Balaban J connectivity index is 1.95. The largest absolute Gasteiger partial charge is 0.341 e. The Hall–Kier alpha value is -2.04. The summed E-state index contributed by atoms with van der Waals surface area (Å²) in [5.74, 6) is -3.48. The van der Waals surface area contributed by atoms with Crippen LogP contribution >= 0.6 is 11.3 Å². The van der Waals surface area contributed by atoms with Crippen LogP contribution in [0.5, 0.6) is 0 Å². The summed E-state index contributed by atoms with van der Waals surface area (Å²) in [6.45, 7) is 0.372. The Bertz CT molecular complexity index is 823. The lowest BCUT2D eigenvalue weighted by Gasteiger charge is -2.23. The summed E-state index contributed by atoms with van der Waals surface area (Å²) in [7, 11) is -0.827. The maximum atomic E-state index is 12.5. The van der Waals surface area contributed by atoms with Crippen molar-refractivity contribution in [1.29, 1.82) is 0 Å². The number of carbonyl (C=O) groups excluding carboxylic acids is 1. The van der Waals surface area contributed by atoms with Crippen molar-refractivity contribution in [3.05, 3.63) is 46.7 Å². The van der Waals surface area contributed by atoms with Crippen LogP contribution in [0, 0.1) is 0 Å². The molecule has 0 aliphatic heterocycles. The summed E-state index contributed by atoms with van der Waals surface area (Å²) in [5, 5.41) is 7.24. The molecule has 6 nitrogen and oxygen atoms in total. The molecule has 2 amide bonds. The molecule has 2 rings (SSSR count). The van der Waals surface area contributed by atoms with Crippen LogP contribution < -0.4 is 10.6 Å². The first-order chi connectivity index (χ1) is 12.2. The van der Waals surface area contributed by atoms with Gasteiger partial charge in [0.05, 0.1) is 10.9 Å². The molecular weight excluding hydrogens is 384 g/mol. The molecule has 0 unspecified atom stereocenters. The quantitative estimate of drug-likeness (QED) is 0.744. The summed E-state index contributed by atoms with van der Waals surface area (Å²) >= 11 is 1.59. The SMILES string of the molecule is CN(C)[C@@H](CNC(=O)Nc1ccc(S(=O)(=O)C(F)F)cc1)c1cccs1. The molecule has 0 aliphatic rings. The van der Waals surface area contributed by atoms with Crippen molar-refractivity contribution in [1.82, 2.24) is 10.2 Å². The second-order valence-corrected chi connectivity index (χ2v) is 8.56. The Morgan fingerprint density at radius 3 is 2.35 bits per heavy atom. The minimum absolute atomic E-state index is 0.0133. The summed E-state index contributed by atoms with van der Waals surface area (Å²) < 4.78 is 47.7. The maximum absolute atomic E-state index is 12.5. The van der Waals surface area contributed by atoms with Crippen LogP contribution in [0.4, 0.5) is 19.3 Å². The lowest BCUT2D eigenvalue weighted by atomic mass is 10.2. The van der Waals surface area contributed by atoms with Gasteiger partial charge in [0.15, 0.2) is 0 Å². The van der Waals surface area contributed by atoms with Gasteiger partial charge in [-0.25, -0.2) is 13.2 Å². The van der Waals surface area contributed by atoms with Crippen molar-refractivity contribution < 1.29 is 22.0 Å². The molecule has 0 radical (unpaired) electrons. The minimum Gasteiger partial charge on any atom is -0.336 e. The molecule has 0 spiro atoms. The average molecular weight is 403 g/mol. The number of amides is 2. The van der Waals surface area contributed by atoms with Gasteiger partial charge in [-0.15, -0.1) is 11.3 Å². The van der Waals surface area contributed by atoms with Crippen molar-refractivity contribution in [2.75, 3.05) is 26.0 Å². The number of hydrogen-bond donors (Lipinski definition) is 2. The molecule has 26 heavy (non-hydrogen) atoms. The molecule has 1 aromatic heterocycles. The highest BCUT2D eigenvalue weighted by Crippen LogP contribution is 2.23. The number of sulfone groups is 1. The van der Waals surface area contributed by atoms with Crippen molar-refractivity contribution in [3.63, 3.8) is 0 Å². The summed E-state index contributed by atoms with van der Waals surface area (Å²) in [5.41, 5.74) is 0.299. The normalized spacial score (nSPS) is 13.0. The Morgan fingerprint density at radius 1 is 1.19 bits per heavy atom. The van der Waals surface area contributed by atoms with Gasteiger partial charge in [0.2, 0.25) is 9.84 Å². The number of nitrogens with one attached hydrogen (secondary N) is 2. The van der Waals surface area contributed by atoms with Crippen LogP contribution in [0.25, 0.3) is 0 Å². The van der Waals surface area contributed by atoms with E-state index >= 15 is 0 Å². The van der Waals surface area contributed by atoms with Crippen LogP contribution in [-0.2, 0) is 9.84 Å². The topological polar surface area (TPSA) is 78.5 Å². The molecule has 0 bridgehead atoms. The van der Waals surface area contributed by atoms with Crippen molar-refractivity contribution in [2.45, 2.75) is 16.7 Å². The molecule has 0 aliphatic carbocycles. The molecule has 1 heterocycles. The highest BCUT2D eigenvalue weighted by molar-refractivity contribution is 7.91. The minimum atomic E-state index is -4.64. The van der Waals surface area contributed by atoms with Crippen LogP contribution in [0.2, 0.25) is 0 Å². The van der Waals surface area contributed by atoms with Crippen LogP contribution in [0.1, 0.15) is 10.9 Å². The first-order valence-corrected chi connectivity index (χ1v) is 10.0. The maximum Gasteiger partial charge on any atom is 0.341 e. The van der Waals surface area contributed by atoms with Gasteiger partial charge in [0.1, 0.15) is 0 Å². The molecule has 2 N–H and O–H groups in total. The predicted octanol–water partition coefficient (Wildman–Crippen LogP) is 3.17. The zero-order chi connectivity index (χ0) is 19.3. The molecule has 10 heteroatoms. The highest BCUT2D eigenvalue weighted by atomic mass is 32.2. The number of rotatable bonds is 7. The summed E-state index contributed by atoms with van der Waals surface area (Å²) in [6.07, 6.45) is 0. The van der Waals surface area contributed by atoms with Crippen LogP contribution in [0.3, 0.4) is 0 Å². The molecule has 1 aromatic carbocycles. The van der Waals surface area contributed by atoms with Gasteiger partial charge in [-0.3, -0.25) is 0 Å². The van der Waals surface area contributed by atoms with Crippen LogP contribution in [0.15, 0.2) is 46.7 Å². The fraction of sp³-hybridized carbons (Fsp3) is 0.312. The molecule has 1 atom stereocenters. The van der Waals surface area contributed by atoms with E-state index < -0.39 is 26.5 Å². The summed E-state index contributed by atoms with van der Waals surface area (Å²) in [4.78, 5) is 14.6. The molecule has 0 saturated carbocycles. The standard InChI is InChI=1S/C16H19F2N3O3S2/c1-21(2)13(14-4-3-9-25-14)10-19-16(22)20-11-5-7-12(8-6-11)26(23,24)15(17)18/h3-9,13,15H,10H2,1-2H3,(H2,19,20,22)/t13-/m0/s1. The van der Waals surface area contributed by atoms with E-state index in [0.29, 0.717) is 12.2 Å². The third-order valence-corrected chi connectivity index (χ3v) is 6.00.